The van der Waals surface area contributed by atoms with Gasteiger partial charge in [-0.3, -0.25) is 9.69 Å². The second kappa shape index (κ2) is 9.14. The maximum absolute atomic E-state index is 13.3. The van der Waals surface area contributed by atoms with Crippen LogP contribution in [0.1, 0.15) is 57.7 Å². The number of halogens is 6. The summed E-state index contributed by atoms with van der Waals surface area (Å²) in [5, 5.41) is 2.42. The Hall–Kier alpha value is -2.72. The standard InChI is InChI=1S/C23H28F6N2O3/c1-13(2)21(10-14(3)12-31(21)19(33)34-20(4,5)6)18(32)30-11-15-7-16(22(24,25)26)9-17(8-15)23(27,28)29/h7-9,13H,3,10-12H2,1-2,4-6H3,(H,30,32). The molecular formula is C23H28F6N2O3. The van der Waals surface area contributed by atoms with Crippen molar-refractivity contribution in [3.63, 3.8) is 0 Å². The molecule has 1 heterocycles. The molecule has 11 heteroatoms. The average Bonchev–Trinajstić information content (AvgIpc) is 3.02. The molecule has 1 atom stereocenters. The number of carbonyl (C=O) groups excluding carboxylic acids is 2. The molecule has 190 valence electrons. The molecule has 2 amide bonds. The summed E-state index contributed by atoms with van der Waals surface area (Å²) in [6.07, 6.45) is -10.7. The number of alkyl halides is 6. The van der Waals surface area contributed by atoms with Crippen molar-refractivity contribution in [3.8, 4) is 0 Å². The Morgan fingerprint density at radius 1 is 1.06 bits per heavy atom. The number of hydrogen-bond acceptors (Lipinski definition) is 3. The molecule has 1 aromatic rings. The molecule has 5 nitrogen and oxygen atoms in total. The third-order valence-electron chi connectivity index (χ3n) is 5.45. The van der Waals surface area contributed by atoms with Gasteiger partial charge in [-0.05, 0) is 50.5 Å². The highest BCUT2D eigenvalue weighted by Crippen LogP contribution is 2.40. The zero-order valence-electron chi connectivity index (χ0n) is 19.6. The Morgan fingerprint density at radius 2 is 1.56 bits per heavy atom. The smallest absolute Gasteiger partial charge is 0.416 e. The first kappa shape index (κ1) is 27.5. The van der Waals surface area contributed by atoms with Gasteiger partial charge in [-0.1, -0.05) is 26.0 Å². The average molecular weight is 494 g/mol. The summed E-state index contributed by atoms with van der Waals surface area (Å²) in [4.78, 5) is 27.4. The minimum absolute atomic E-state index is 0.0200. The van der Waals surface area contributed by atoms with E-state index in [2.05, 4.69) is 11.9 Å². The van der Waals surface area contributed by atoms with Gasteiger partial charge in [-0.25, -0.2) is 4.79 Å². The van der Waals surface area contributed by atoms with Crippen LogP contribution in [0.25, 0.3) is 0 Å². The minimum Gasteiger partial charge on any atom is -0.444 e. The number of likely N-dealkylation sites (tertiary alicyclic amines) is 1. The summed E-state index contributed by atoms with van der Waals surface area (Å²) in [5.41, 5.74) is -5.09. The molecule has 1 aliphatic rings. The Balaban J connectivity index is 2.38. The lowest BCUT2D eigenvalue weighted by atomic mass is 9.82. The maximum Gasteiger partial charge on any atom is 0.416 e. The predicted octanol–water partition coefficient (Wildman–Crippen LogP) is 5.93. The Kier molecular flexibility index (Phi) is 7.40. The van der Waals surface area contributed by atoms with E-state index in [1.165, 1.54) is 4.90 Å². The molecule has 0 aliphatic carbocycles. The van der Waals surface area contributed by atoms with Crippen LogP contribution in [0.3, 0.4) is 0 Å². The largest absolute Gasteiger partial charge is 0.444 e. The molecular weight excluding hydrogens is 466 g/mol. The number of benzene rings is 1. The van der Waals surface area contributed by atoms with Gasteiger partial charge in [-0.15, -0.1) is 0 Å². The molecule has 1 unspecified atom stereocenters. The fourth-order valence-corrected chi connectivity index (χ4v) is 3.88. The fraction of sp³-hybridized carbons (Fsp3) is 0.565. The van der Waals surface area contributed by atoms with Gasteiger partial charge in [0.1, 0.15) is 11.1 Å². The van der Waals surface area contributed by atoms with Crippen molar-refractivity contribution >= 4 is 12.0 Å². The highest BCUT2D eigenvalue weighted by atomic mass is 19.4. The van der Waals surface area contributed by atoms with Crippen LogP contribution < -0.4 is 5.32 Å². The van der Waals surface area contributed by atoms with Crippen LogP contribution in [0.4, 0.5) is 31.1 Å². The monoisotopic (exact) mass is 494 g/mol. The molecule has 0 bridgehead atoms. The van der Waals surface area contributed by atoms with Gasteiger partial charge in [0, 0.05) is 19.5 Å². The van der Waals surface area contributed by atoms with Gasteiger partial charge in [0.15, 0.2) is 0 Å². The van der Waals surface area contributed by atoms with E-state index in [1.807, 2.05) is 0 Å². The summed E-state index contributed by atoms with van der Waals surface area (Å²) in [6.45, 7) is 11.6. The maximum atomic E-state index is 13.3. The number of carbonyl (C=O) groups is 2. The quantitative estimate of drug-likeness (QED) is 0.417. The normalized spacial score (nSPS) is 19.5. The molecule has 2 rings (SSSR count). The topological polar surface area (TPSA) is 58.6 Å². The van der Waals surface area contributed by atoms with Gasteiger partial charge in [0.25, 0.3) is 0 Å². The lowest BCUT2D eigenvalue weighted by Crippen LogP contribution is -2.61. The zero-order valence-corrected chi connectivity index (χ0v) is 19.6. The number of nitrogens with one attached hydrogen (secondary N) is 1. The van der Waals surface area contributed by atoms with Gasteiger partial charge in [0.2, 0.25) is 5.91 Å². The van der Waals surface area contributed by atoms with Crippen LogP contribution in [0, 0.1) is 5.92 Å². The van der Waals surface area contributed by atoms with Crippen LogP contribution in [-0.2, 0) is 28.4 Å². The zero-order chi connectivity index (χ0) is 26.3. The summed E-state index contributed by atoms with van der Waals surface area (Å²) in [7, 11) is 0. The van der Waals surface area contributed by atoms with Crippen molar-refractivity contribution in [3.05, 3.63) is 47.0 Å². The Bertz CT molecular complexity index is 931. The number of nitrogens with zero attached hydrogens (tertiary/aromatic N) is 1. The molecule has 1 fully saturated rings. The van der Waals surface area contributed by atoms with Crippen molar-refractivity contribution < 1.29 is 40.7 Å². The molecule has 1 N–H and O–H groups in total. The molecule has 1 aliphatic heterocycles. The van der Waals surface area contributed by atoms with Crippen LogP contribution in [0.5, 0.6) is 0 Å². The van der Waals surface area contributed by atoms with Crippen molar-refractivity contribution in [2.24, 2.45) is 5.92 Å². The Morgan fingerprint density at radius 3 is 1.97 bits per heavy atom. The van der Waals surface area contributed by atoms with Crippen LogP contribution >= 0.6 is 0 Å². The third-order valence-corrected chi connectivity index (χ3v) is 5.45. The molecule has 0 spiro atoms. The van der Waals surface area contributed by atoms with Crippen molar-refractivity contribution in [2.75, 3.05) is 6.54 Å². The molecule has 0 aromatic heterocycles. The van der Waals surface area contributed by atoms with Crippen molar-refractivity contribution in [2.45, 2.75) is 71.1 Å². The first-order chi connectivity index (χ1) is 15.3. The molecule has 34 heavy (non-hydrogen) atoms. The van der Waals surface area contributed by atoms with Gasteiger partial charge in [-0.2, -0.15) is 26.3 Å². The molecule has 0 radical (unpaired) electrons. The second-order valence-corrected chi connectivity index (χ2v) is 9.67. The number of rotatable bonds is 4. The lowest BCUT2D eigenvalue weighted by molar-refractivity contribution is -0.143. The van der Waals surface area contributed by atoms with Crippen LogP contribution in [-0.4, -0.2) is 34.6 Å². The van der Waals surface area contributed by atoms with E-state index >= 15 is 0 Å². The number of ether oxygens (including phenoxy) is 1. The fourth-order valence-electron chi connectivity index (χ4n) is 3.88. The van der Waals surface area contributed by atoms with Crippen LogP contribution in [0.2, 0.25) is 0 Å². The summed E-state index contributed by atoms with van der Waals surface area (Å²) < 4.78 is 84.3. The highest BCUT2D eigenvalue weighted by molar-refractivity contribution is 5.92. The van der Waals surface area contributed by atoms with E-state index in [4.69, 9.17) is 4.74 Å². The minimum atomic E-state index is -5.00. The highest BCUT2D eigenvalue weighted by Gasteiger charge is 2.54. The van der Waals surface area contributed by atoms with E-state index < -0.39 is 59.1 Å². The van der Waals surface area contributed by atoms with E-state index in [0.29, 0.717) is 17.7 Å². The summed E-state index contributed by atoms with van der Waals surface area (Å²) in [5.74, 6) is -1.19. The van der Waals surface area contributed by atoms with Gasteiger partial charge < -0.3 is 10.1 Å². The molecule has 0 saturated carbocycles. The van der Waals surface area contributed by atoms with Gasteiger partial charge >= 0.3 is 18.4 Å². The first-order valence-corrected chi connectivity index (χ1v) is 10.5. The van der Waals surface area contributed by atoms with Gasteiger partial charge in [0.05, 0.1) is 11.1 Å². The lowest BCUT2D eigenvalue weighted by Gasteiger charge is -2.40. The Labute approximate surface area is 194 Å². The van der Waals surface area contributed by atoms with E-state index in [0.717, 1.165) is 0 Å². The SMILES string of the molecule is C=C1CN(C(=O)OC(C)(C)C)C(C(=O)NCc2cc(C(F)(F)F)cc(C(F)(F)F)c2)(C(C)C)C1. The van der Waals surface area contributed by atoms with Crippen molar-refractivity contribution in [1.82, 2.24) is 10.2 Å². The second-order valence-electron chi connectivity index (χ2n) is 9.67. The van der Waals surface area contributed by atoms with E-state index in [1.54, 1.807) is 34.6 Å². The van der Waals surface area contributed by atoms with Crippen molar-refractivity contribution in [1.29, 1.82) is 0 Å². The van der Waals surface area contributed by atoms with E-state index in [9.17, 15) is 35.9 Å². The summed E-state index contributed by atoms with van der Waals surface area (Å²) in [6, 6.07) is 1.12. The predicted molar refractivity (Wildman–Crippen MR) is 113 cm³/mol. The van der Waals surface area contributed by atoms with Crippen LogP contribution in [0.15, 0.2) is 30.4 Å². The number of amides is 2. The third kappa shape index (κ3) is 6.04. The molecule has 1 saturated heterocycles. The van der Waals surface area contributed by atoms with E-state index in [-0.39, 0.29) is 24.6 Å². The molecule has 1 aromatic carbocycles. The number of hydrogen-bond donors (Lipinski definition) is 1. The first-order valence-electron chi connectivity index (χ1n) is 10.5. The summed E-state index contributed by atoms with van der Waals surface area (Å²) >= 11 is 0.